The Hall–Kier alpha value is -2.24. The van der Waals surface area contributed by atoms with Crippen molar-refractivity contribution in [3.8, 4) is 0 Å². The van der Waals surface area contributed by atoms with Crippen molar-refractivity contribution in [3.63, 3.8) is 0 Å². The molecule has 24 heavy (non-hydrogen) atoms. The van der Waals surface area contributed by atoms with Crippen molar-refractivity contribution in [3.05, 3.63) is 71.3 Å². The molecule has 1 amide bonds. The van der Waals surface area contributed by atoms with E-state index in [0.717, 1.165) is 11.1 Å². The highest BCUT2D eigenvalue weighted by atomic mass is 35.5. The molecule has 0 fully saturated rings. The first kappa shape index (κ1) is 18.1. The molecule has 0 aliphatic rings. The molecule has 2 aromatic heterocycles. The SMILES string of the molecule is CN(C)C/C=C/C(=O)N(Cc1ccncc1)Cc1ccncc1Cl. The number of hydrogen-bond donors (Lipinski definition) is 0. The van der Waals surface area contributed by atoms with Gasteiger partial charge in [-0.2, -0.15) is 0 Å². The van der Waals surface area contributed by atoms with E-state index in [1.807, 2.05) is 43.3 Å². The van der Waals surface area contributed by atoms with E-state index >= 15 is 0 Å². The minimum atomic E-state index is -0.0541. The van der Waals surface area contributed by atoms with Crippen LogP contribution in [0.4, 0.5) is 0 Å². The van der Waals surface area contributed by atoms with E-state index in [0.29, 0.717) is 24.7 Å². The maximum absolute atomic E-state index is 12.6. The van der Waals surface area contributed by atoms with Gasteiger partial charge in [-0.15, -0.1) is 0 Å². The van der Waals surface area contributed by atoms with Gasteiger partial charge in [-0.3, -0.25) is 14.8 Å². The first-order valence-corrected chi connectivity index (χ1v) is 8.01. The maximum Gasteiger partial charge on any atom is 0.246 e. The van der Waals surface area contributed by atoms with E-state index in [4.69, 9.17) is 11.6 Å². The highest BCUT2D eigenvalue weighted by Gasteiger charge is 2.14. The van der Waals surface area contributed by atoms with E-state index < -0.39 is 0 Å². The van der Waals surface area contributed by atoms with Gasteiger partial charge in [-0.25, -0.2) is 0 Å². The summed E-state index contributed by atoms with van der Waals surface area (Å²) in [5.41, 5.74) is 1.89. The molecule has 0 bridgehead atoms. The Balaban J connectivity index is 2.16. The van der Waals surface area contributed by atoms with Crippen molar-refractivity contribution in [2.75, 3.05) is 20.6 Å². The second-order valence-corrected chi connectivity index (χ2v) is 6.09. The van der Waals surface area contributed by atoms with Gasteiger partial charge in [0.25, 0.3) is 0 Å². The Labute approximate surface area is 147 Å². The highest BCUT2D eigenvalue weighted by molar-refractivity contribution is 6.31. The van der Waals surface area contributed by atoms with Crippen LogP contribution in [0.1, 0.15) is 11.1 Å². The van der Waals surface area contributed by atoms with Gasteiger partial charge in [-0.1, -0.05) is 17.7 Å². The molecule has 5 nitrogen and oxygen atoms in total. The van der Waals surface area contributed by atoms with Crippen LogP contribution < -0.4 is 0 Å². The number of nitrogens with zero attached hydrogens (tertiary/aromatic N) is 4. The van der Waals surface area contributed by atoms with E-state index in [2.05, 4.69) is 9.97 Å². The lowest BCUT2D eigenvalue weighted by atomic mass is 10.2. The van der Waals surface area contributed by atoms with Gasteiger partial charge in [0.2, 0.25) is 5.91 Å². The number of carbonyl (C=O) groups excluding carboxylic acids is 1. The van der Waals surface area contributed by atoms with Gasteiger partial charge >= 0.3 is 0 Å². The molecule has 0 spiro atoms. The number of rotatable bonds is 7. The van der Waals surface area contributed by atoms with Crippen LogP contribution in [0.25, 0.3) is 0 Å². The van der Waals surface area contributed by atoms with E-state index in [-0.39, 0.29) is 5.91 Å². The van der Waals surface area contributed by atoms with Crippen LogP contribution in [0.3, 0.4) is 0 Å². The van der Waals surface area contributed by atoms with Gasteiger partial charge in [0.15, 0.2) is 0 Å². The molecule has 0 saturated carbocycles. The van der Waals surface area contributed by atoms with Gasteiger partial charge in [0.05, 0.1) is 5.02 Å². The summed E-state index contributed by atoms with van der Waals surface area (Å²) in [5.74, 6) is -0.0541. The molecule has 126 valence electrons. The summed E-state index contributed by atoms with van der Waals surface area (Å²) in [7, 11) is 3.92. The van der Waals surface area contributed by atoms with Crippen LogP contribution in [0, 0.1) is 0 Å². The summed E-state index contributed by atoms with van der Waals surface area (Å²) in [4.78, 5) is 24.3. The molecule has 0 aromatic carbocycles. The fraction of sp³-hybridized carbons (Fsp3) is 0.278. The number of carbonyl (C=O) groups is 1. The second kappa shape index (κ2) is 9.15. The Morgan fingerprint density at radius 3 is 2.50 bits per heavy atom. The molecule has 0 unspecified atom stereocenters. The lowest BCUT2D eigenvalue weighted by Gasteiger charge is -2.22. The molecule has 2 aromatic rings. The van der Waals surface area contributed by atoms with Crippen LogP contribution in [0.5, 0.6) is 0 Å². The Morgan fingerprint density at radius 2 is 1.83 bits per heavy atom. The molecular formula is C18H21ClN4O. The molecule has 0 aliphatic carbocycles. The summed E-state index contributed by atoms with van der Waals surface area (Å²) in [6, 6.07) is 5.63. The zero-order valence-corrected chi connectivity index (χ0v) is 14.6. The number of amides is 1. The van der Waals surface area contributed by atoms with Gasteiger partial charge in [-0.05, 0) is 43.4 Å². The number of likely N-dealkylation sites (N-methyl/N-ethyl adjacent to an activating group) is 1. The largest absolute Gasteiger partial charge is 0.330 e. The van der Waals surface area contributed by atoms with E-state index in [9.17, 15) is 4.79 Å². The predicted molar refractivity (Wildman–Crippen MR) is 95.4 cm³/mol. The quantitative estimate of drug-likeness (QED) is 0.725. The minimum absolute atomic E-state index is 0.0541. The Kier molecular flexibility index (Phi) is 6.90. The molecule has 0 aliphatic heterocycles. The monoisotopic (exact) mass is 344 g/mol. The lowest BCUT2D eigenvalue weighted by molar-refractivity contribution is -0.127. The zero-order valence-electron chi connectivity index (χ0n) is 13.9. The fourth-order valence-corrected chi connectivity index (χ4v) is 2.31. The van der Waals surface area contributed by atoms with Crippen LogP contribution in [-0.4, -0.2) is 46.3 Å². The smallest absolute Gasteiger partial charge is 0.246 e. The Bertz CT molecular complexity index is 688. The maximum atomic E-state index is 12.6. The summed E-state index contributed by atoms with van der Waals surface area (Å²) in [6.45, 7) is 1.63. The second-order valence-electron chi connectivity index (χ2n) is 5.68. The molecule has 0 atom stereocenters. The summed E-state index contributed by atoms with van der Waals surface area (Å²) >= 11 is 6.19. The molecule has 0 saturated heterocycles. The molecule has 2 heterocycles. The third-order valence-electron chi connectivity index (χ3n) is 3.38. The standard InChI is InChI=1S/C18H21ClN4O/c1-22(2)11-3-4-18(24)23(13-15-5-8-20-9-6-15)14-16-7-10-21-12-17(16)19/h3-10,12H,11,13-14H2,1-2H3/b4-3+. The topological polar surface area (TPSA) is 49.3 Å². The van der Waals surface area contributed by atoms with E-state index in [1.54, 1.807) is 35.8 Å². The molecule has 2 rings (SSSR count). The van der Waals surface area contributed by atoms with Crippen molar-refractivity contribution in [1.82, 2.24) is 19.8 Å². The summed E-state index contributed by atoms with van der Waals surface area (Å²) in [5, 5.41) is 0.558. The number of pyridine rings is 2. The van der Waals surface area contributed by atoms with Gasteiger partial charge in [0, 0.05) is 50.5 Å². The zero-order chi connectivity index (χ0) is 17.4. The average Bonchev–Trinajstić information content (AvgIpc) is 2.56. The average molecular weight is 345 g/mol. The van der Waals surface area contributed by atoms with Crippen LogP contribution in [0.2, 0.25) is 5.02 Å². The number of hydrogen-bond acceptors (Lipinski definition) is 4. The first-order chi connectivity index (χ1) is 11.6. The third kappa shape index (κ3) is 5.76. The van der Waals surface area contributed by atoms with Crippen LogP contribution in [0.15, 0.2) is 55.1 Å². The Morgan fingerprint density at radius 1 is 1.12 bits per heavy atom. The summed E-state index contributed by atoms with van der Waals surface area (Å²) < 4.78 is 0. The van der Waals surface area contributed by atoms with Crippen molar-refractivity contribution in [1.29, 1.82) is 0 Å². The third-order valence-corrected chi connectivity index (χ3v) is 3.72. The number of halogens is 1. The van der Waals surface area contributed by atoms with Crippen LogP contribution >= 0.6 is 11.6 Å². The lowest BCUT2D eigenvalue weighted by Crippen LogP contribution is -2.29. The molecule has 0 radical (unpaired) electrons. The summed E-state index contributed by atoms with van der Waals surface area (Å²) in [6.07, 6.45) is 10.2. The molecule has 0 N–H and O–H groups in total. The van der Waals surface area contributed by atoms with Crippen molar-refractivity contribution in [2.24, 2.45) is 0 Å². The van der Waals surface area contributed by atoms with E-state index in [1.165, 1.54) is 0 Å². The van der Waals surface area contributed by atoms with Gasteiger partial charge in [0.1, 0.15) is 0 Å². The normalized spacial score (nSPS) is 11.2. The molecule has 6 heteroatoms. The predicted octanol–water partition coefficient (Wildman–Crippen LogP) is 2.78. The van der Waals surface area contributed by atoms with Crippen molar-refractivity contribution < 1.29 is 4.79 Å². The van der Waals surface area contributed by atoms with Crippen LogP contribution in [-0.2, 0) is 17.9 Å². The minimum Gasteiger partial charge on any atom is -0.330 e. The van der Waals surface area contributed by atoms with Crippen molar-refractivity contribution >= 4 is 17.5 Å². The highest BCUT2D eigenvalue weighted by Crippen LogP contribution is 2.17. The number of aromatic nitrogens is 2. The molecular weight excluding hydrogens is 324 g/mol. The fourth-order valence-electron chi connectivity index (χ4n) is 2.13. The van der Waals surface area contributed by atoms with Gasteiger partial charge < -0.3 is 9.80 Å². The first-order valence-electron chi connectivity index (χ1n) is 7.63. The van der Waals surface area contributed by atoms with Crippen molar-refractivity contribution in [2.45, 2.75) is 13.1 Å².